The lowest BCUT2D eigenvalue weighted by Gasteiger charge is -2.39. The van der Waals surface area contributed by atoms with Crippen LogP contribution in [0.25, 0.3) is 0 Å². The summed E-state index contributed by atoms with van der Waals surface area (Å²) in [5, 5.41) is 0. The molecule has 0 aromatic carbocycles. The van der Waals surface area contributed by atoms with Gasteiger partial charge in [-0.1, -0.05) is 0 Å². The molecule has 3 nitrogen and oxygen atoms in total. The summed E-state index contributed by atoms with van der Waals surface area (Å²) in [6.45, 7) is 2.00. The highest BCUT2D eigenvalue weighted by molar-refractivity contribution is 5.47. The minimum absolute atomic E-state index is 0.415. The van der Waals surface area contributed by atoms with Gasteiger partial charge in [-0.25, -0.2) is 0 Å². The number of ether oxygens (including phenoxy) is 1. The Morgan fingerprint density at radius 2 is 2.08 bits per heavy atom. The van der Waals surface area contributed by atoms with Gasteiger partial charge in [0.2, 0.25) is 0 Å². The first-order valence-electron chi connectivity index (χ1n) is 4.08. The average Bonchev–Trinajstić information content (AvgIpc) is 2.04. The lowest BCUT2D eigenvalue weighted by Crippen LogP contribution is -2.51. The van der Waals surface area contributed by atoms with Crippen molar-refractivity contribution in [1.82, 2.24) is 4.98 Å². The minimum Gasteiger partial charge on any atom is -0.378 e. The molecule has 1 aromatic rings. The molecule has 0 aliphatic carbocycles. The van der Waals surface area contributed by atoms with Crippen molar-refractivity contribution in [2.75, 3.05) is 25.1 Å². The van der Waals surface area contributed by atoms with Crippen LogP contribution in [-0.2, 0) is 4.74 Å². The highest BCUT2D eigenvalue weighted by atomic mass is 16.5. The van der Waals surface area contributed by atoms with E-state index < -0.39 is 0 Å². The van der Waals surface area contributed by atoms with Crippen molar-refractivity contribution in [3.63, 3.8) is 0 Å². The molecule has 3 heteroatoms. The minimum atomic E-state index is 0.415. The van der Waals surface area contributed by atoms with Gasteiger partial charge in [0, 0.05) is 38.3 Å². The highest BCUT2D eigenvalue weighted by Gasteiger charge is 2.25. The second-order valence-corrected chi connectivity index (χ2v) is 2.97. The molecule has 0 bridgehead atoms. The molecule has 2 heterocycles. The van der Waals surface area contributed by atoms with Crippen LogP contribution in [0, 0.1) is 0 Å². The zero-order valence-corrected chi connectivity index (χ0v) is 7.10. The molecular formula is C9H12N2O. The van der Waals surface area contributed by atoms with Crippen LogP contribution in [0.3, 0.4) is 0 Å². The van der Waals surface area contributed by atoms with Crippen LogP contribution in [0.2, 0.25) is 0 Å². The second kappa shape index (κ2) is 3.11. The Balaban J connectivity index is 1.97. The molecule has 0 N–H and O–H groups in total. The number of anilines is 1. The Kier molecular flexibility index (Phi) is 1.96. The van der Waals surface area contributed by atoms with E-state index in [0.29, 0.717) is 6.10 Å². The van der Waals surface area contributed by atoms with Gasteiger partial charge >= 0.3 is 0 Å². The molecule has 0 saturated carbocycles. The molecule has 12 heavy (non-hydrogen) atoms. The van der Waals surface area contributed by atoms with E-state index in [1.54, 1.807) is 7.11 Å². The monoisotopic (exact) mass is 164 g/mol. The summed E-state index contributed by atoms with van der Waals surface area (Å²) in [7, 11) is 1.76. The third kappa shape index (κ3) is 1.28. The fourth-order valence-corrected chi connectivity index (χ4v) is 1.35. The van der Waals surface area contributed by atoms with Crippen LogP contribution >= 0.6 is 0 Å². The van der Waals surface area contributed by atoms with E-state index in [2.05, 4.69) is 9.88 Å². The molecule has 0 amide bonds. The first kappa shape index (κ1) is 7.55. The number of pyridine rings is 1. The smallest absolute Gasteiger partial charge is 0.0920 e. The number of hydrogen-bond donors (Lipinski definition) is 0. The van der Waals surface area contributed by atoms with E-state index in [4.69, 9.17) is 4.74 Å². The van der Waals surface area contributed by atoms with E-state index in [-0.39, 0.29) is 0 Å². The molecule has 1 aliphatic heterocycles. The standard InChI is InChI=1S/C9H12N2O/c1-12-9-6-11(7-9)8-2-4-10-5-3-8/h2-5,9H,6-7H2,1H3. The Bertz CT molecular complexity index is 244. The summed E-state index contributed by atoms with van der Waals surface area (Å²) >= 11 is 0. The predicted octanol–water partition coefficient (Wildman–Crippen LogP) is 0.917. The average molecular weight is 164 g/mol. The van der Waals surface area contributed by atoms with Gasteiger partial charge in [0.1, 0.15) is 0 Å². The number of nitrogens with zero attached hydrogens (tertiary/aromatic N) is 2. The second-order valence-electron chi connectivity index (χ2n) is 2.97. The number of aromatic nitrogens is 1. The van der Waals surface area contributed by atoms with Gasteiger partial charge in [-0.2, -0.15) is 0 Å². The van der Waals surface area contributed by atoms with Crippen molar-refractivity contribution < 1.29 is 4.74 Å². The van der Waals surface area contributed by atoms with Crippen LogP contribution in [0.4, 0.5) is 5.69 Å². The first-order chi connectivity index (χ1) is 5.90. The SMILES string of the molecule is COC1CN(c2ccncc2)C1. The van der Waals surface area contributed by atoms with E-state index in [1.807, 2.05) is 24.5 Å². The zero-order valence-electron chi connectivity index (χ0n) is 7.10. The Hall–Kier alpha value is -1.09. The third-order valence-corrected chi connectivity index (χ3v) is 2.21. The normalized spacial score (nSPS) is 17.6. The summed E-state index contributed by atoms with van der Waals surface area (Å²) < 4.78 is 5.18. The molecule has 1 aromatic heterocycles. The van der Waals surface area contributed by atoms with Crippen molar-refractivity contribution in [1.29, 1.82) is 0 Å². The largest absolute Gasteiger partial charge is 0.378 e. The molecule has 64 valence electrons. The molecule has 1 aliphatic rings. The van der Waals surface area contributed by atoms with Gasteiger partial charge in [-0.3, -0.25) is 4.98 Å². The molecule has 0 radical (unpaired) electrons. The van der Waals surface area contributed by atoms with Gasteiger partial charge in [-0.05, 0) is 12.1 Å². The molecule has 0 unspecified atom stereocenters. The number of rotatable bonds is 2. The molecular weight excluding hydrogens is 152 g/mol. The van der Waals surface area contributed by atoms with Crippen LogP contribution in [0.1, 0.15) is 0 Å². The molecule has 0 spiro atoms. The lowest BCUT2D eigenvalue weighted by molar-refractivity contribution is 0.0787. The first-order valence-corrected chi connectivity index (χ1v) is 4.08. The van der Waals surface area contributed by atoms with E-state index in [1.165, 1.54) is 5.69 Å². The fourth-order valence-electron chi connectivity index (χ4n) is 1.35. The number of methoxy groups -OCH3 is 1. The van der Waals surface area contributed by atoms with E-state index in [9.17, 15) is 0 Å². The van der Waals surface area contributed by atoms with Gasteiger partial charge in [0.15, 0.2) is 0 Å². The van der Waals surface area contributed by atoms with Crippen molar-refractivity contribution >= 4 is 5.69 Å². The predicted molar refractivity (Wildman–Crippen MR) is 47.2 cm³/mol. The summed E-state index contributed by atoms with van der Waals surface area (Å²) in [4.78, 5) is 6.24. The van der Waals surface area contributed by atoms with Crippen LogP contribution in [0.15, 0.2) is 24.5 Å². The lowest BCUT2D eigenvalue weighted by atomic mass is 10.1. The molecule has 1 fully saturated rings. The molecule has 2 rings (SSSR count). The Morgan fingerprint density at radius 3 is 2.67 bits per heavy atom. The summed E-state index contributed by atoms with van der Waals surface area (Å²) in [6, 6.07) is 4.04. The van der Waals surface area contributed by atoms with E-state index in [0.717, 1.165) is 13.1 Å². The van der Waals surface area contributed by atoms with Crippen LogP contribution < -0.4 is 4.90 Å². The Morgan fingerprint density at radius 1 is 1.42 bits per heavy atom. The molecule has 1 saturated heterocycles. The van der Waals surface area contributed by atoms with Crippen molar-refractivity contribution in [2.45, 2.75) is 6.10 Å². The summed E-state index contributed by atoms with van der Waals surface area (Å²) in [5.74, 6) is 0. The van der Waals surface area contributed by atoms with Gasteiger partial charge in [-0.15, -0.1) is 0 Å². The Labute approximate surface area is 72.0 Å². The maximum atomic E-state index is 5.18. The topological polar surface area (TPSA) is 25.4 Å². The quantitative estimate of drug-likeness (QED) is 0.649. The maximum absolute atomic E-state index is 5.18. The van der Waals surface area contributed by atoms with Crippen molar-refractivity contribution in [3.8, 4) is 0 Å². The van der Waals surface area contributed by atoms with Crippen LogP contribution in [0.5, 0.6) is 0 Å². The van der Waals surface area contributed by atoms with Crippen LogP contribution in [-0.4, -0.2) is 31.3 Å². The fraction of sp³-hybridized carbons (Fsp3) is 0.444. The zero-order chi connectivity index (χ0) is 8.39. The highest BCUT2D eigenvalue weighted by Crippen LogP contribution is 2.20. The summed E-state index contributed by atoms with van der Waals surface area (Å²) in [5.41, 5.74) is 1.23. The van der Waals surface area contributed by atoms with Crippen molar-refractivity contribution in [3.05, 3.63) is 24.5 Å². The third-order valence-electron chi connectivity index (χ3n) is 2.21. The van der Waals surface area contributed by atoms with Gasteiger partial charge in [0.25, 0.3) is 0 Å². The summed E-state index contributed by atoms with van der Waals surface area (Å²) in [6.07, 6.45) is 4.04. The number of hydrogen-bond acceptors (Lipinski definition) is 3. The molecule has 0 atom stereocenters. The van der Waals surface area contributed by atoms with Gasteiger partial charge in [0.05, 0.1) is 6.10 Å². The van der Waals surface area contributed by atoms with Gasteiger partial charge < -0.3 is 9.64 Å². The maximum Gasteiger partial charge on any atom is 0.0920 e. The van der Waals surface area contributed by atoms with E-state index >= 15 is 0 Å². The van der Waals surface area contributed by atoms with Crippen molar-refractivity contribution in [2.24, 2.45) is 0 Å².